The maximum absolute atomic E-state index is 13.5. The maximum atomic E-state index is 13.5. The maximum Gasteiger partial charge on any atom is 0.124 e. The lowest BCUT2D eigenvalue weighted by Gasteiger charge is -2.33. The van der Waals surface area contributed by atoms with Gasteiger partial charge < -0.3 is 0 Å². The molecule has 0 amide bonds. The Kier molecular flexibility index (Phi) is 3.56. The van der Waals surface area contributed by atoms with E-state index >= 15 is 0 Å². The number of thiophene rings is 1. The van der Waals surface area contributed by atoms with Crippen LogP contribution in [0, 0.1) is 17.1 Å². The third-order valence-corrected chi connectivity index (χ3v) is 4.87. The third-order valence-electron chi connectivity index (χ3n) is 3.88. The van der Waals surface area contributed by atoms with Gasteiger partial charge in [-0.3, -0.25) is 4.90 Å². The summed E-state index contributed by atoms with van der Waals surface area (Å²) in [5.41, 5.74) is 2.64. The number of hydrogen-bond donors (Lipinski definition) is 0. The molecule has 1 atom stereocenters. The van der Waals surface area contributed by atoms with Gasteiger partial charge in [0.05, 0.1) is 11.6 Å². The molecule has 1 unspecified atom stereocenters. The summed E-state index contributed by atoms with van der Waals surface area (Å²) < 4.78 is 13.5. The molecule has 1 aromatic carbocycles. The van der Waals surface area contributed by atoms with Crippen molar-refractivity contribution in [3.05, 3.63) is 57.0 Å². The van der Waals surface area contributed by atoms with Crippen molar-refractivity contribution in [2.24, 2.45) is 0 Å². The van der Waals surface area contributed by atoms with Crippen LogP contribution in [0.25, 0.3) is 0 Å². The monoisotopic (exact) mass is 286 g/mol. The second-order valence-electron chi connectivity index (χ2n) is 5.16. The zero-order valence-electron chi connectivity index (χ0n) is 11.3. The Hall–Kier alpha value is -1.70. The highest BCUT2D eigenvalue weighted by molar-refractivity contribution is 7.10. The Bertz CT molecular complexity index is 671. The van der Waals surface area contributed by atoms with Gasteiger partial charge in [-0.2, -0.15) is 5.26 Å². The average molecular weight is 286 g/mol. The molecule has 4 heteroatoms. The second-order valence-corrected chi connectivity index (χ2v) is 6.16. The lowest BCUT2D eigenvalue weighted by atomic mass is 10.0. The molecule has 2 aromatic rings. The van der Waals surface area contributed by atoms with E-state index in [1.165, 1.54) is 22.6 Å². The summed E-state index contributed by atoms with van der Waals surface area (Å²) in [6.07, 6.45) is 1.05. The molecule has 1 aliphatic heterocycles. The first kappa shape index (κ1) is 13.3. The SMILES string of the molecule is CC1c2ccsc2CCN1Cc1cc(F)cc(C#N)c1. The Morgan fingerprint density at radius 1 is 1.45 bits per heavy atom. The van der Waals surface area contributed by atoms with Gasteiger partial charge in [0.15, 0.2) is 0 Å². The van der Waals surface area contributed by atoms with Gasteiger partial charge in [0.1, 0.15) is 5.82 Å². The van der Waals surface area contributed by atoms with Gasteiger partial charge in [-0.25, -0.2) is 4.39 Å². The number of nitrogens with zero attached hydrogens (tertiary/aromatic N) is 2. The zero-order valence-corrected chi connectivity index (χ0v) is 12.1. The van der Waals surface area contributed by atoms with Crippen molar-refractivity contribution in [1.29, 1.82) is 5.26 Å². The quantitative estimate of drug-likeness (QED) is 0.837. The summed E-state index contributed by atoms with van der Waals surface area (Å²) in [5.74, 6) is -0.333. The summed E-state index contributed by atoms with van der Waals surface area (Å²) >= 11 is 1.82. The van der Waals surface area contributed by atoms with Crippen LogP contribution < -0.4 is 0 Å². The van der Waals surface area contributed by atoms with Crippen LogP contribution in [0.2, 0.25) is 0 Å². The van der Waals surface area contributed by atoms with Crippen LogP contribution >= 0.6 is 11.3 Å². The van der Waals surface area contributed by atoms with Crippen molar-refractivity contribution < 1.29 is 4.39 Å². The van der Waals surface area contributed by atoms with E-state index in [0.29, 0.717) is 18.2 Å². The molecule has 1 aliphatic rings. The second kappa shape index (κ2) is 5.35. The molecule has 102 valence electrons. The Morgan fingerprint density at radius 3 is 3.10 bits per heavy atom. The van der Waals surface area contributed by atoms with Crippen LogP contribution in [-0.2, 0) is 13.0 Å². The molecule has 0 fully saturated rings. The predicted molar refractivity (Wildman–Crippen MR) is 78.0 cm³/mol. The Morgan fingerprint density at radius 2 is 2.30 bits per heavy atom. The summed E-state index contributed by atoms with van der Waals surface area (Å²) in [7, 11) is 0. The molecule has 0 saturated heterocycles. The van der Waals surface area contributed by atoms with Gasteiger partial charge >= 0.3 is 0 Å². The van der Waals surface area contributed by atoms with Crippen molar-refractivity contribution in [1.82, 2.24) is 4.90 Å². The summed E-state index contributed by atoms with van der Waals surface area (Å²) in [5, 5.41) is 11.1. The van der Waals surface area contributed by atoms with Gasteiger partial charge in [-0.1, -0.05) is 0 Å². The highest BCUT2D eigenvalue weighted by Crippen LogP contribution is 2.33. The topological polar surface area (TPSA) is 27.0 Å². The van der Waals surface area contributed by atoms with Gasteiger partial charge in [-0.15, -0.1) is 11.3 Å². The lowest BCUT2D eigenvalue weighted by molar-refractivity contribution is 0.191. The van der Waals surface area contributed by atoms with E-state index in [1.807, 2.05) is 17.4 Å². The highest BCUT2D eigenvalue weighted by Gasteiger charge is 2.24. The third kappa shape index (κ3) is 2.47. The van der Waals surface area contributed by atoms with E-state index in [1.54, 1.807) is 6.07 Å². The van der Waals surface area contributed by atoms with Crippen LogP contribution in [0.4, 0.5) is 4.39 Å². The van der Waals surface area contributed by atoms with E-state index in [0.717, 1.165) is 18.5 Å². The Balaban J connectivity index is 1.83. The van der Waals surface area contributed by atoms with E-state index in [9.17, 15) is 4.39 Å². The number of hydrogen-bond acceptors (Lipinski definition) is 3. The summed E-state index contributed by atoms with van der Waals surface area (Å²) in [4.78, 5) is 3.80. The lowest BCUT2D eigenvalue weighted by Crippen LogP contribution is -2.32. The molecular formula is C16H15FN2S. The van der Waals surface area contributed by atoms with Crippen LogP contribution in [0.15, 0.2) is 29.6 Å². The number of halogens is 1. The van der Waals surface area contributed by atoms with Crippen LogP contribution in [0.1, 0.15) is 34.5 Å². The first-order valence-corrected chi connectivity index (χ1v) is 7.55. The molecule has 1 aromatic heterocycles. The smallest absolute Gasteiger partial charge is 0.124 e. The minimum atomic E-state index is -0.333. The number of benzene rings is 1. The van der Waals surface area contributed by atoms with Gasteiger partial charge in [0.25, 0.3) is 0 Å². The fourth-order valence-corrected chi connectivity index (χ4v) is 3.78. The number of rotatable bonds is 2. The predicted octanol–water partition coefficient (Wildman–Crippen LogP) is 3.88. The normalized spacial score (nSPS) is 18.6. The van der Waals surface area contributed by atoms with Crippen LogP contribution in [0.3, 0.4) is 0 Å². The molecule has 0 spiro atoms. The summed E-state index contributed by atoms with van der Waals surface area (Å²) in [6.45, 7) is 3.85. The molecule has 0 bridgehead atoms. The van der Waals surface area contributed by atoms with Crippen molar-refractivity contribution in [3.8, 4) is 6.07 Å². The average Bonchev–Trinajstić information content (AvgIpc) is 2.90. The molecule has 3 rings (SSSR count). The van der Waals surface area contributed by atoms with Gasteiger partial charge in [-0.05, 0) is 54.1 Å². The summed E-state index contributed by atoms with van der Waals surface area (Å²) in [6, 6.07) is 9.12. The van der Waals surface area contributed by atoms with Crippen molar-refractivity contribution in [3.63, 3.8) is 0 Å². The molecule has 20 heavy (non-hydrogen) atoms. The van der Waals surface area contributed by atoms with Crippen molar-refractivity contribution in [2.45, 2.75) is 25.9 Å². The van der Waals surface area contributed by atoms with Crippen molar-refractivity contribution >= 4 is 11.3 Å². The molecule has 2 heterocycles. The van der Waals surface area contributed by atoms with Gasteiger partial charge in [0.2, 0.25) is 0 Å². The van der Waals surface area contributed by atoms with E-state index in [-0.39, 0.29) is 5.82 Å². The standard InChI is InChI=1S/C16H15FN2S/c1-11-15-3-5-20-16(15)2-4-19(11)10-13-6-12(9-18)7-14(17)8-13/h3,5-8,11H,2,4,10H2,1H3. The number of nitriles is 1. The molecule has 0 N–H and O–H groups in total. The first-order valence-electron chi connectivity index (χ1n) is 6.67. The molecule has 0 radical (unpaired) electrons. The van der Waals surface area contributed by atoms with Gasteiger partial charge in [0, 0.05) is 24.0 Å². The minimum absolute atomic E-state index is 0.333. The Labute approximate surface area is 122 Å². The largest absolute Gasteiger partial charge is 0.292 e. The zero-order chi connectivity index (χ0) is 14.1. The fourth-order valence-electron chi connectivity index (χ4n) is 2.82. The fraction of sp³-hybridized carbons (Fsp3) is 0.312. The van der Waals surface area contributed by atoms with Crippen LogP contribution in [-0.4, -0.2) is 11.4 Å². The van der Waals surface area contributed by atoms with Crippen molar-refractivity contribution in [2.75, 3.05) is 6.54 Å². The minimum Gasteiger partial charge on any atom is -0.292 e. The molecule has 0 saturated carbocycles. The molecule has 0 aliphatic carbocycles. The molecular weight excluding hydrogens is 271 g/mol. The van der Waals surface area contributed by atoms with E-state index in [2.05, 4.69) is 23.3 Å². The van der Waals surface area contributed by atoms with E-state index in [4.69, 9.17) is 5.26 Å². The van der Waals surface area contributed by atoms with E-state index < -0.39 is 0 Å². The molecule has 2 nitrogen and oxygen atoms in total. The van der Waals surface area contributed by atoms with Crippen LogP contribution in [0.5, 0.6) is 0 Å². The first-order chi connectivity index (χ1) is 9.67. The highest BCUT2D eigenvalue weighted by atomic mass is 32.1. The number of fused-ring (bicyclic) bond motifs is 1.